The minimum atomic E-state index is -0.577. The number of ether oxygens (including phenoxy) is 1. The van der Waals surface area contributed by atoms with Gasteiger partial charge in [-0.2, -0.15) is 4.52 Å². The van der Waals surface area contributed by atoms with Crippen LogP contribution >= 0.6 is 0 Å². The molecule has 29 heavy (non-hydrogen) atoms. The van der Waals surface area contributed by atoms with Crippen molar-refractivity contribution in [3.05, 3.63) is 42.2 Å². The van der Waals surface area contributed by atoms with Gasteiger partial charge >= 0.3 is 5.97 Å². The van der Waals surface area contributed by atoms with Gasteiger partial charge < -0.3 is 9.64 Å². The lowest BCUT2D eigenvalue weighted by Crippen LogP contribution is -2.45. The molecule has 3 aromatic rings. The summed E-state index contributed by atoms with van der Waals surface area (Å²) in [6.45, 7) is 5.39. The van der Waals surface area contributed by atoms with Crippen LogP contribution in [-0.2, 0) is 9.53 Å². The third kappa shape index (κ3) is 3.43. The number of esters is 1. The first-order chi connectivity index (χ1) is 13.9. The van der Waals surface area contributed by atoms with Crippen LogP contribution in [0.25, 0.3) is 17.0 Å². The number of hydrogen-bond donors (Lipinski definition) is 0. The molecular weight excluding hydrogens is 373 g/mol. The zero-order valence-electron chi connectivity index (χ0n) is 16.8. The van der Waals surface area contributed by atoms with E-state index in [1.165, 1.54) is 13.2 Å². The highest BCUT2D eigenvalue weighted by Crippen LogP contribution is 2.36. The van der Waals surface area contributed by atoms with E-state index >= 15 is 0 Å². The Morgan fingerprint density at radius 1 is 1.21 bits per heavy atom. The summed E-state index contributed by atoms with van der Waals surface area (Å²) in [6.07, 6.45) is 1.90. The van der Waals surface area contributed by atoms with E-state index in [0.29, 0.717) is 23.6 Å². The lowest BCUT2D eigenvalue weighted by Gasteiger charge is -2.40. The van der Waals surface area contributed by atoms with Crippen molar-refractivity contribution in [2.45, 2.75) is 26.7 Å². The topological polar surface area (TPSA) is 72.6 Å². The smallest absolute Gasteiger partial charge is 0.311 e. The molecule has 0 radical (unpaired) electrons. The summed E-state index contributed by atoms with van der Waals surface area (Å²) in [5, 5.41) is 12.9. The van der Waals surface area contributed by atoms with Crippen molar-refractivity contribution in [3.63, 3.8) is 0 Å². The molecule has 0 spiro atoms. The predicted octanol–water partition coefficient (Wildman–Crippen LogP) is 3.35. The summed E-state index contributed by atoms with van der Waals surface area (Å²) in [5.74, 6) is 0.692. The second kappa shape index (κ2) is 7.42. The Morgan fingerprint density at radius 2 is 2.00 bits per heavy atom. The Hall–Kier alpha value is -3.03. The first kappa shape index (κ1) is 19.3. The van der Waals surface area contributed by atoms with Gasteiger partial charge in [-0.25, -0.2) is 4.39 Å². The van der Waals surface area contributed by atoms with Crippen LogP contribution in [0.2, 0.25) is 0 Å². The van der Waals surface area contributed by atoms with E-state index in [0.717, 1.165) is 25.2 Å². The zero-order chi connectivity index (χ0) is 20.6. The van der Waals surface area contributed by atoms with E-state index in [1.54, 1.807) is 22.7 Å². The molecule has 4 rings (SSSR count). The number of nitrogens with zero attached hydrogens (tertiary/aromatic N) is 5. The van der Waals surface area contributed by atoms with Gasteiger partial charge in [0.1, 0.15) is 11.6 Å². The summed E-state index contributed by atoms with van der Waals surface area (Å²) in [5.41, 5.74) is 0.329. The summed E-state index contributed by atoms with van der Waals surface area (Å²) in [4.78, 5) is 14.4. The van der Waals surface area contributed by atoms with Gasteiger partial charge in [0.15, 0.2) is 11.5 Å². The SMILES string of the molecule is COC(=O)C(C)(C)C1CCCN(c2ccc3nnc(-c4ccccc4F)n3n2)C1. The van der Waals surface area contributed by atoms with Gasteiger partial charge in [-0.15, -0.1) is 15.3 Å². The van der Waals surface area contributed by atoms with Gasteiger partial charge in [-0.1, -0.05) is 12.1 Å². The van der Waals surface area contributed by atoms with Crippen molar-refractivity contribution in [1.82, 2.24) is 19.8 Å². The molecule has 0 bridgehead atoms. The Bertz CT molecular complexity index is 1050. The van der Waals surface area contributed by atoms with Crippen molar-refractivity contribution in [2.24, 2.45) is 11.3 Å². The van der Waals surface area contributed by atoms with Crippen LogP contribution in [0.1, 0.15) is 26.7 Å². The van der Waals surface area contributed by atoms with Gasteiger partial charge in [-0.3, -0.25) is 4.79 Å². The van der Waals surface area contributed by atoms with Crippen molar-refractivity contribution in [2.75, 3.05) is 25.1 Å². The van der Waals surface area contributed by atoms with Gasteiger partial charge in [0.25, 0.3) is 0 Å². The van der Waals surface area contributed by atoms with E-state index in [1.807, 2.05) is 26.0 Å². The second-order valence-corrected chi connectivity index (χ2v) is 7.96. The number of methoxy groups -OCH3 is 1. The summed E-state index contributed by atoms with van der Waals surface area (Å²) < 4.78 is 20.8. The van der Waals surface area contributed by atoms with Crippen LogP contribution in [0.5, 0.6) is 0 Å². The summed E-state index contributed by atoms with van der Waals surface area (Å²) in [7, 11) is 1.43. The number of hydrogen-bond acceptors (Lipinski definition) is 6. The van der Waals surface area contributed by atoms with Crippen LogP contribution in [0.4, 0.5) is 10.2 Å². The molecule has 1 unspecified atom stereocenters. The van der Waals surface area contributed by atoms with Crippen molar-refractivity contribution in [1.29, 1.82) is 0 Å². The molecule has 8 heteroatoms. The molecule has 0 amide bonds. The molecule has 1 fully saturated rings. The minimum absolute atomic E-state index is 0.146. The van der Waals surface area contributed by atoms with Crippen molar-refractivity contribution >= 4 is 17.4 Å². The molecule has 1 aliphatic heterocycles. The summed E-state index contributed by atoms with van der Waals surface area (Å²) >= 11 is 0. The number of benzene rings is 1. The number of carbonyl (C=O) groups is 1. The lowest BCUT2D eigenvalue weighted by atomic mass is 9.74. The largest absolute Gasteiger partial charge is 0.469 e. The van der Waals surface area contributed by atoms with E-state index in [2.05, 4.69) is 15.1 Å². The Balaban J connectivity index is 1.67. The average molecular weight is 397 g/mol. The van der Waals surface area contributed by atoms with Gasteiger partial charge in [0, 0.05) is 13.1 Å². The Kier molecular flexibility index (Phi) is 4.94. The first-order valence-corrected chi connectivity index (χ1v) is 9.72. The number of halogens is 1. The number of aromatic nitrogens is 4. The maximum atomic E-state index is 14.3. The fourth-order valence-corrected chi connectivity index (χ4v) is 3.96. The molecule has 0 aliphatic carbocycles. The number of anilines is 1. The van der Waals surface area contributed by atoms with Crippen LogP contribution in [0.15, 0.2) is 36.4 Å². The molecule has 3 heterocycles. The molecule has 1 aromatic carbocycles. The maximum Gasteiger partial charge on any atom is 0.311 e. The van der Waals surface area contributed by atoms with Gasteiger partial charge in [-0.05, 0) is 56.9 Å². The third-order valence-electron chi connectivity index (χ3n) is 5.84. The fraction of sp³-hybridized carbons (Fsp3) is 0.429. The zero-order valence-corrected chi connectivity index (χ0v) is 16.8. The van der Waals surface area contributed by atoms with Crippen molar-refractivity contribution in [3.8, 4) is 11.4 Å². The van der Waals surface area contributed by atoms with Crippen LogP contribution in [0, 0.1) is 17.2 Å². The first-order valence-electron chi connectivity index (χ1n) is 9.72. The highest BCUT2D eigenvalue weighted by atomic mass is 19.1. The monoisotopic (exact) mass is 397 g/mol. The molecule has 1 atom stereocenters. The standard InChI is InChI=1S/C21H24FN5O2/c1-21(2,20(28)29-3)14-7-6-12-26(13-14)18-11-10-17-23-24-19(27(17)25-18)15-8-4-5-9-16(15)22/h4-5,8-11,14H,6-7,12-13H2,1-3H3. The van der Waals surface area contributed by atoms with Gasteiger partial charge in [0.2, 0.25) is 0 Å². The van der Waals surface area contributed by atoms with E-state index in [9.17, 15) is 9.18 Å². The molecule has 1 saturated heterocycles. The minimum Gasteiger partial charge on any atom is -0.469 e. The maximum absolute atomic E-state index is 14.3. The average Bonchev–Trinajstić information content (AvgIpc) is 3.16. The normalized spacial score (nSPS) is 17.5. The second-order valence-electron chi connectivity index (χ2n) is 7.96. The van der Waals surface area contributed by atoms with E-state index in [4.69, 9.17) is 9.84 Å². The molecule has 7 nitrogen and oxygen atoms in total. The highest BCUT2D eigenvalue weighted by molar-refractivity contribution is 5.76. The molecule has 152 valence electrons. The quantitative estimate of drug-likeness (QED) is 0.629. The van der Waals surface area contributed by atoms with Crippen molar-refractivity contribution < 1.29 is 13.9 Å². The third-order valence-corrected chi connectivity index (χ3v) is 5.84. The molecular formula is C21H24FN5O2. The Morgan fingerprint density at radius 3 is 2.76 bits per heavy atom. The molecule has 0 saturated carbocycles. The van der Waals surface area contributed by atoms with E-state index < -0.39 is 5.41 Å². The number of fused-ring (bicyclic) bond motifs is 1. The van der Waals surface area contributed by atoms with Gasteiger partial charge in [0.05, 0.1) is 18.1 Å². The fourth-order valence-electron chi connectivity index (χ4n) is 3.96. The highest BCUT2D eigenvalue weighted by Gasteiger charge is 2.40. The van der Waals surface area contributed by atoms with Crippen LogP contribution < -0.4 is 4.90 Å². The molecule has 2 aromatic heterocycles. The number of piperidine rings is 1. The number of rotatable bonds is 4. The summed E-state index contributed by atoms with van der Waals surface area (Å²) in [6, 6.07) is 10.2. The van der Waals surface area contributed by atoms with Crippen LogP contribution in [0.3, 0.4) is 0 Å². The predicted molar refractivity (Wildman–Crippen MR) is 107 cm³/mol. The van der Waals surface area contributed by atoms with Crippen LogP contribution in [-0.4, -0.2) is 46.0 Å². The molecule has 0 N–H and O–H groups in total. The number of carbonyl (C=O) groups excluding carboxylic acids is 1. The molecule has 1 aliphatic rings. The Labute approximate surface area is 168 Å². The van der Waals surface area contributed by atoms with E-state index in [-0.39, 0.29) is 17.7 Å². The lowest BCUT2D eigenvalue weighted by molar-refractivity contribution is -0.154.